The Morgan fingerprint density at radius 1 is 1.31 bits per heavy atom. The summed E-state index contributed by atoms with van der Waals surface area (Å²) in [5, 5.41) is 0. The lowest BCUT2D eigenvalue weighted by molar-refractivity contribution is 0.181. The van der Waals surface area contributed by atoms with Gasteiger partial charge < -0.3 is 10.6 Å². The number of piperidine rings is 1. The van der Waals surface area contributed by atoms with Crippen molar-refractivity contribution in [3.8, 4) is 0 Å². The zero-order chi connectivity index (χ0) is 9.68. The summed E-state index contributed by atoms with van der Waals surface area (Å²) >= 11 is 0. The van der Waals surface area contributed by atoms with Crippen molar-refractivity contribution < 1.29 is 0 Å². The molecule has 0 spiro atoms. The number of nitrogens with two attached hydrogens (primary N) is 1. The minimum atomic E-state index is 0.443. The molecule has 0 saturated carbocycles. The van der Waals surface area contributed by atoms with E-state index in [1.165, 1.54) is 38.9 Å². The Morgan fingerprint density at radius 3 is 2.38 bits per heavy atom. The summed E-state index contributed by atoms with van der Waals surface area (Å²) < 4.78 is 0. The van der Waals surface area contributed by atoms with Crippen molar-refractivity contribution in [3.63, 3.8) is 0 Å². The summed E-state index contributed by atoms with van der Waals surface area (Å²) in [6.07, 6.45) is 5.10. The maximum Gasteiger partial charge on any atom is 0.00388 e. The van der Waals surface area contributed by atoms with Crippen LogP contribution in [0, 0.1) is 5.92 Å². The van der Waals surface area contributed by atoms with Crippen molar-refractivity contribution in [2.45, 2.75) is 45.6 Å². The minimum Gasteiger partial charge on any atom is -0.328 e. The quantitative estimate of drug-likeness (QED) is 0.722. The molecule has 1 rings (SSSR count). The lowest BCUT2D eigenvalue weighted by Gasteiger charge is -2.32. The van der Waals surface area contributed by atoms with Gasteiger partial charge in [-0.25, -0.2) is 0 Å². The van der Waals surface area contributed by atoms with Crippen molar-refractivity contribution in [2.75, 3.05) is 19.6 Å². The Bertz CT molecular complexity index is 128. The predicted octanol–water partition coefficient (Wildman–Crippen LogP) is 1.85. The van der Waals surface area contributed by atoms with Crippen LogP contribution in [0.2, 0.25) is 0 Å². The molecule has 0 amide bonds. The lowest BCUT2D eigenvalue weighted by atomic mass is 9.90. The van der Waals surface area contributed by atoms with E-state index in [4.69, 9.17) is 5.73 Å². The van der Waals surface area contributed by atoms with Crippen LogP contribution >= 0.6 is 0 Å². The number of hydrogen-bond donors (Lipinski definition) is 1. The van der Waals surface area contributed by atoms with Crippen LogP contribution in [-0.2, 0) is 0 Å². The van der Waals surface area contributed by atoms with Crippen molar-refractivity contribution in [1.82, 2.24) is 4.90 Å². The van der Waals surface area contributed by atoms with E-state index in [1.807, 2.05) is 0 Å². The van der Waals surface area contributed by atoms with E-state index < -0.39 is 0 Å². The zero-order valence-corrected chi connectivity index (χ0v) is 9.13. The van der Waals surface area contributed by atoms with Crippen LogP contribution in [0.4, 0.5) is 0 Å². The summed E-state index contributed by atoms with van der Waals surface area (Å²) in [7, 11) is 0. The SMILES string of the molecule is CCC(N)CC1CCN(CC)CC1. The summed E-state index contributed by atoms with van der Waals surface area (Å²) in [5.41, 5.74) is 5.96. The smallest absolute Gasteiger partial charge is 0.00388 e. The number of likely N-dealkylation sites (tertiary alicyclic amines) is 1. The molecule has 0 aromatic carbocycles. The maximum absolute atomic E-state index is 5.96. The van der Waals surface area contributed by atoms with Gasteiger partial charge in [0.15, 0.2) is 0 Å². The first-order chi connectivity index (χ1) is 6.26. The van der Waals surface area contributed by atoms with Crippen LogP contribution in [-0.4, -0.2) is 30.6 Å². The van der Waals surface area contributed by atoms with E-state index in [1.54, 1.807) is 0 Å². The molecule has 1 fully saturated rings. The van der Waals surface area contributed by atoms with E-state index >= 15 is 0 Å². The van der Waals surface area contributed by atoms with Crippen molar-refractivity contribution in [3.05, 3.63) is 0 Å². The molecule has 1 aliphatic rings. The standard InChI is InChI=1S/C11H24N2/c1-3-11(12)9-10-5-7-13(4-2)8-6-10/h10-11H,3-9,12H2,1-2H3. The fourth-order valence-electron chi connectivity index (χ4n) is 2.13. The largest absolute Gasteiger partial charge is 0.328 e. The third-order valence-corrected chi connectivity index (χ3v) is 3.31. The van der Waals surface area contributed by atoms with Crippen LogP contribution in [0.15, 0.2) is 0 Å². The fraction of sp³-hybridized carbons (Fsp3) is 1.00. The van der Waals surface area contributed by atoms with Gasteiger partial charge in [0, 0.05) is 6.04 Å². The van der Waals surface area contributed by atoms with E-state index in [0.717, 1.165) is 12.3 Å². The highest BCUT2D eigenvalue weighted by atomic mass is 15.1. The van der Waals surface area contributed by atoms with Gasteiger partial charge in [-0.05, 0) is 51.2 Å². The molecule has 1 heterocycles. The summed E-state index contributed by atoms with van der Waals surface area (Å²) in [4.78, 5) is 2.54. The average Bonchev–Trinajstić information content (AvgIpc) is 2.19. The molecule has 1 unspecified atom stereocenters. The minimum absolute atomic E-state index is 0.443. The first-order valence-corrected chi connectivity index (χ1v) is 5.74. The lowest BCUT2D eigenvalue weighted by Crippen LogP contribution is -2.35. The molecule has 1 atom stereocenters. The molecule has 1 saturated heterocycles. The van der Waals surface area contributed by atoms with Gasteiger partial charge in [0.05, 0.1) is 0 Å². The first kappa shape index (κ1) is 11.0. The van der Waals surface area contributed by atoms with Gasteiger partial charge in [-0.15, -0.1) is 0 Å². The van der Waals surface area contributed by atoms with Crippen LogP contribution in [0.1, 0.15) is 39.5 Å². The molecule has 0 aromatic rings. The van der Waals surface area contributed by atoms with Crippen LogP contribution < -0.4 is 5.73 Å². The highest BCUT2D eigenvalue weighted by molar-refractivity contribution is 4.74. The number of hydrogen-bond acceptors (Lipinski definition) is 2. The van der Waals surface area contributed by atoms with Gasteiger partial charge in [-0.1, -0.05) is 13.8 Å². The Morgan fingerprint density at radius 2 is 1.92 bits per heavy atom. The van der Waals surface area contributed by atoms with Gasteiger partial charge in [-0.3, -0.25) is 0 Å². The van der Waals surface area contributed by atoms with E-state index in [-0.39, 0.29) is 0 Å². The molecule has 0 aliphatic carbocycles. The Kier molecular flexibility index (Phi) is 4.74. The van der Waals surface area contributed by atoms with E-state index in [9.17, 15) is 0 Å². The zero-order valence-electron chi connectivity index (χ0n) is 9.13. The topological polar surface area (TPSA) is 29.3 Å². The summed E-state index contributed by atoms with van der Waals surface area (Å²) in [5.74, 6) is 0.901. The Hall–Kier alpha value is -0.0800. The van der Waals surface area contributed by atoms with Crippen molar-refractivity contribution >= 4 is 0 Å². The summed E-state index contributed by atoms with van der Waals surface area (Å²) in [6.45, 7) is 8.23. The molecule has 2 N–H and O–H groups in total. The van der Waals surface area contributed by atoms with Gasteiger partial charge in [0.25, 0.3) is 0 Å². The van der Waals surface area contributed by atoms with E-state index in [2.05, 4.69) is 18.7 Å². The second kappa shape index (κ2) is 5.61. The fourth-order valence-corrected chi connectivity index (χ4v) is 2.13. The highest BCUT2D eigenvalue weighted by Gasteiger charge is 2.19. The van der Waals surface area contributed by atoms with Crippen LogP contribution in [0.3, 0.4) is 0 Å². The van der Waals surface area contributed by atoms with Crippen LogP contribution in [0.5, 0.6) is 0 Å². The predicted molar refractivity (Wildman–Crippen MR) is 57.7 cm³/mol. The normalized spacial score (nSPS) is 23.3. The van der Waals surface area contributed by atoms with Gasteiger partial charge in [-0.2, -0.15) is 0 Å². The van der Waals surface area contributed by atoms with Gasteiger partial charge in [0.1, 0.15) is 0 Å². The first-order valence-electron chi connectivity index (χ1n) is 5.74. The Balaban J connectivity index is 2.17. The molecule has 1 aliphatic heterocycles. The molecular weight excluding hydrogens is 160 g/mol. The van der Waals surface area contributed by atoms with Crippen molar-refractivity contribution in [1.29, 1.82) is 0 Å². The molecule has 78 valence electrons. The number of rotatable bonds is 4. The molecular formula is C11H24N2. The second-order valence-electron chi connectivity index (χ2n) is 4.28. The average molecular weight is 184 g/mol. The summed E-state index contributed by atoms with van der Waals surface area (Å²) in [6, 6.07) is 0.443. The van der Waals surface area contributed by atoms with Gasteiger partial charge in [0.2, 0.25) is 0 Å². The molecule has 13 heavy (non-hydrogen) atoms. The third kappa shape index (κ3) is 3.65. The molecule has 0 aromatic heterocycles. The maximum atomic E-state index is 5.96. The number of nitrogens with zero attached hydrogens (tertiary/aromatic N) is 1. The monoisotopic (exact) mass is 184 g/mol. The second-order valence-corrected chi connectivity index (χ2v) is 4.28. The molecule has 0 bridgehead atoms. The Labute approximate surface area is 82.5 Å². The molecule has 2 nitrogen and oxygen atoms in total. The third-order valence-electron chi connectivity index (χ3n) is 3.31. The van der Waals surface area contributed by atoms with Gasteiger partial charge >= 0.3 is 0 Å². The van der Waals surface area contributed by atoms with E-state index in [0.29, 0.717) is 6.04 Å². The van der Waals surface area contributed by atoms with Crippen LogP contribution in [0.25, 0.3) is 0 Å². The molecule has 0 radical (unpaired) electrons. The highest BCUT2D eigenvalue weighted by Crippen LogP contribution is 2.21. The molecule has 2 heteroatoms. The van der Waals surface area contributed by atoms with Crippen molar-refractivity contribution in [2.24, 2.45) is 11.7 Å².